The Morgan fingerprint density at radius 3 is 2.13 bits per heavy atom. The Morgan fingerprint density at radius 2 is 1.55 bits per heavy atom. The van der Waals surface area contributed by atoms with E-state index in [9.17, 15) is 9.59 Å². The molecule has 0 saturated heterocycles. The highest BCUT2D eigenvalue weighted by molar-refractivity contribution is 5.97. The molecule has 0 unspecified atom stereocenters. The summed E-state index contributed by atoms with van der Waals surface area (Å²) in [4.78, 5) is 27.4. The van der Waals surface area contributed by atoms with Gasteiger partial charge in [-0.05, 0) is 42.5 Å². The van der Waals surface area contributed by atoms with Gasteiger partial charge in [0.05, 0.1) is 23.3 Å². The van der Waals surface area contributed by atoms with Gasteiger partial charge in [-0.3, -0.25) is 9.59 Å². The van der Waals surface area contributed by atoms with Crippen LogP contribution in [0.3, 0.4) is 0 Å². The average molecular weight is 414 g/mol. The van der Waals surface area contributed by atoms with E-state index in [1.807, 2.05) is 12.1 Å². The zero-order valence-corrected chi connectivity index (χ0v) is 15.9. The van der Waals surface area contributed by atoms with Crippen LogP contribution in [0.15, 0.2) is 60.7 Å². The molecule has 1 heterocycles. The maximum Gasteiger partial charge on any atom is 0.322 e. The second-order valence-corrected chi connectivity index (χ2v) is 6.06. The zero-order valence-electron chi connectivity index (χ0n) is 15.9. The minimum atomic E-state index is -1.21. The maximum atomic E-state index is 12.4. The molecule has 0 aliphatic carbocycles. The summed E-state index contributed by atoms with van der Waals surface area (Å²) >= 11 is 0. The highest BCUT2D eigenvalue weighted by Gasteiger charge is 2.18. The summed E-state index contributed by atoms with van der Waals surface area (Å²) in [6.07, 6.45) is 0. The van der Waals surface area contributed by atoms with Crippen molar-refractivity contribution < 1.29 is 24.2 Å². The van der Waals surface area contributed by atoms with E-state index < -0.39 is 18.4 Å². The summed E-state index contributed by atoms with van der Waals surface area (Å²) < 4.78 is 11.4. The number of carboxylic acid groups (broad SMARTS) is 1. The molecule has 31 heavy (non-hydrogen) atoms. The molecule has 1 aromatic heterocycles. The summed E-state index contributed by atoms with van der Waals surface area (Å²) in [5.74, 6) is -1.38. The minimum Gasteiger partial charge on any atom is -0.480 e. The Kier molecular flexibility index (Phi) is 6.41. The molecule has 2 aromatic carbocycles. The molecule has 0 aliphatic rings. The third-order valence-electron chi connectivity index (χ3n) is 3.84. The number of nitriles is 2. The van der Waals surface area contributed by atoms with Gasteiger partial charge < -0.3 is 19.9 Å². The Morgan fingerprint density at radius 1 is 0.935 bits per heavy atom. The smallest absolute Gasteiger partial charge is 0.322 e. The number of nitrogens with zero attached hydrogens (tertiary/aromatic N) is 3. The first-order valence-electron chi connectivity index (χ1n) is 8.85. The van der Waals surface area contributed by atoms with Gasteiger partial charge in [0.25, 0.3) is 5.91 Å². The number of ether oxygens (including phenoxy) is 2. The second kappa shape index (κ2) is 9.54. The molecule has 0 saturated carbocycles. The van der Waals surface area contributed by atoms with Crippen LogP contribution in [0.5, 0.6) is 23.3 Å². The summed E-state index contributed by atoms with van der Waals surface area (Å²) in [5, 5.41) is 29.1. The van der Waals surface area contributed by atoms with Crippen LogP contribution in [-0.2, 0) is 4.79 Å². The van der Waals surface area contributed by atoms with Crippen molar-refractivity contribution in [2.75, 3.05) is 6.54 Å². The lowest BCUT2D eigenvalue weighted by atomic mass is 10.2. The first-order chi connectivity index (χ1) is 15.0. The first-order valence-corrected chi connectivity index (χ1v) is 8.85. The summed E-state index contributed by atoms with van der Waals surface area (Å²) in [7, 11) is 0. The van der Waals surface area contributed by atoms with Crippen molar-refractivity contribution in [1.29, 1.82) is 10.5 Å². The number of hydrogen-bond donors (Lipinski definition) is 2. The van der Waals surface area contributed by atoms with Crippen LogP contribution >= 0.6 is 0 Å². The van der Waals surface area contributed by atoms with Gasteiger partial charge in [0.15, 0.2) is 0 Å². The molecule has 9 nitrogen and oxygen atoms in total. The fourth-order valence-electron chi connectivity index (χ4n) is 2.47. The number of carbonyl (C=O) groups is 2. The van der Waals surface area contributed by atoms with E-state index in [2.05, 4.69) is 10.3 Å². The van der Waals surface area contributed by atoms with E-state index in [0.717, 1.165) is 0 Å². The number of hydrogen-bond acceptors (Lipinski definition) is 7. The quantitative estimate of drug-likeness (QED) is 0.599. The predicted octanol–water partition coefficient (Wildman–Crippen LogP) is 3.22. The second-order valence-electron chi connectivity index (χ2n) is 6.06. The largest absolute Gasteiger partial charge is 0.480 e. The van der Waals surface area contributed by atoms with Gasteiger partial charge in [0.2, 0.25) is 11.8 Å². The Labute approximate surface area is 176 Å². The van der Waals surface area contributed by atoms with E-state index in [1.165, 1.54) is 24.3 Å². The monoisotopic (exact) mass is 414 g/mol. The summed E-state index contributed by atoms with van der Waals surface area (Å²) in [5.41, 5.74) is 0.712. The van der Waals surface area contributed by atoms with Gasteiger partial charge in [-0.25, -0.2) is 0 Å². The molecule has 0 fully saturated rings. The Bertz CT molecular complexity index is 1230. The topological polar surface area (TPSA) is 145 Å². The molecule has 0 spiro atoms. The number of amides is 1. The van der Waals surface area contributed by atoms with Gasteiger partial charge in [-0.15, -0.1) is 0 Å². The van der Waals surface area contributed by atoms with Crippen LogP contribution in [0, 0.1) is 22.7 Å². The van der Waals surface area contributed by atoms with E-state index in [4.69, 9.17) is 25.1 Å². The van der Waals surface area contributed by atoms with Crippen LogP contribution < -0.4 is 14.8 Å². The molecule has 0 atom stereocenters. The van der Waals surface area contributed by atoms with Crippen molar-refractivity contribution in [3.8, 4) is 35.4 Å². The number of rotatable bonds is 7. The third kappa shape index (κ3) is 5.56. The van der Waals surface area contributed by atoms with Crippen LogP contribution in [0.1, 0.15) is 21.5 Å². The first kappa shape index (κ1) is 20.8. The molecule has 3 aromatic rings. The van der Waals surface area contributed by atoms with Crippen LogP contribution in [0.25, 0.3) is 0 Å². The van der Waals surface area contributed by atoms with Crippen molar-refractivity contribution in [3.63, 3.8) is 0 Å². The fourth-order valence-corrected chi connectivity index (χ4v) is 2.47. The van der Waals surface area contributed by atoms with Crippen molar-refractivity contribution >= 4 is 11.9 Å². The number of aromatic nitrogens is 1. The predicted molar refractivity (Wildman–Crippen MR) is 107 cm³/mol. The highest BCUT2D eigenvalue weighted by atomic mass is 16.5. The van der Waals surface area contributed by atoms with Crippen molar-refractivity contribution in [2.45, 2.75) is 0 Å². The van der Waals surface area contributed by atoms with E-state index in [0.29, 0.717) is 16.9 Å². The Hall–Kier alpha value is -4.89. The van der Waals surface area contributed by atoms with E-state index in [1.54, 1.807) is 36.4 Å². The number of aliphatic carboxylic acids is 1. The Balaban J connectivity index is 1.94. The van der Waals surface area contributed by atoms with E-state index >= 15 is 0 Å². The molecule has 152 valence electrons. The number of pyridine rings is 1. The molecule has 3 rings (SSSR count). The molecule has 0 aliphatic heterocycles. The minimum absolute atomic E-state index is 0.0262. The van der Waals surface area contributed by atoms with Crippen molar-refractivity contribution in [2.24, 2.45) is 0 Å². The lowest BCUT2D eigenvalue weighted by Crippen LogP contribution is -2.29. The molecule has 0 bridgehead atoms. The number of benzene rings is 2. The van der Waals surface area contributed by atoms with E-state index in [-0.39, 0.29) is 23.1 Å². The standard InChI is InChI=1S/C22H14N4O5/c23-11-14-3-1-5-16(9-14)30-19-8-7-18(21(29)25-13-20(27)28)22(26-19)31-17-6-2-4-15(10-17)12-24/h1-10H,13H2,(H,25,29)(H,27,28). The lowest BCUT2D eigenvalue weighted by Gasteiger charge is -2.12. The lowest BCUT2D eigenvalue weighted by molar-refractivity contribution is -0.135. The fraction of sp³-hybridized carbons (Fsp3) is 0.0455. The van der Waals surface area contributed by atoms with Gasteiger partial charge >= 0.3 is 5.97 Å². The number of carbonyl (C=O) groups excluding carboxylic acids is 1. The molecule has 9 heteroatoms. The molecule has 2 N–H and O–H groups in total. The maximum absolute atomic E-state index is 12.4. The van der Waals surface area contributed by atoms with Gasteiger partial charge in [0.1, 0.15) is 23.6 Å². The van der Waals surface area contributed by atoms with Crippen LogP contribution in [0.2, 0.25) is 0 Å². The van der Waals surface area contributed by atoms with Crippen LogP contribution in [0.4, 0.5) is 0 Å². The van der Waals surface area contributed by atoms with Crippen molar-refractivity contribution in [3.05, 3.63) is 77.4 Å². The molecule has 0 radical (unpaired) electrons. The zero-order chi connectivity index (χ0) is 22.2. The molecule has 1 amide bonds. The van der Waals surface area contributed by atoms with Crippen molar-refractivity contribution in [1.82, 2.24) is 10.3 Å². The summed E-state index contributed by atoms with van der Waals surface area (Å²) in [6, 6.07) is 19.4. The SMILES string of the molecule is N#Cc1cccc(Oc2ccc(C(=O)NCC(=O)O)c(Oc3cccc(C#N)c3)n2)c1. The molecular formula is C22H14N4O5. The van der Waals surface area contributed by atoms with Gasteiger partial charge in [-0.2, -0.15) is 15.5 Å². The summed E-state index contributed by atoms with van der Waals surface area (Å²) in [6.45, 7) is -0.582. The number of nitrogens with one attached hydrogen (secondary N) is 1. The third-order valence-corrected chi connectivity index (χ3v) is 3.84. The highest BCUT2D eigenvalue weighted by Crippen LogP contribution is 2.29. The average Bonchev–Trinajstić information content (AvgIpc) is 2.78. The normalized spacial score (nSPS) is 9.74. The van der Waals surface area contributed by atoms with Gasteiger partial charge in [0, 0.05) is 6.07 Å². The van der Waals surface area contributed by atoms with Crippen LogP contribution in [-0.4, -0.2) is 28.5 Å². The number of carboxylic acids is 1. The van der Waals surface area contributed by atoms with Gasteiger partial charge in [-0.1, -0.05) is 12.1 Å². The molecular weight excluding hydrogens is 400 g/mol.